The van der Waals surface area contributed by atoms with Crippen molar-refractivity contribution in [1.82, 2.24) is 29.2 Å². The molecule has 2 aromatic rings. The van der Waals surface area contributed by atoms with Gasteiger partial charge in [0.15, 0.2) is 0 Å². The molecule has 1 aromatic heterocycles. The maximum absolute atomic E-state index is 9.60. The Morgan fingerprint density at radius 3 is 1.96 bits per heavy atom. The van der Waals surface area contributed by atoms with Crippen LogP contribution in [0.3, 0.4) is 0 Å². The van der Waals surface area contributed by atoms with Gasteiger partial charge in [0.2, 0.25) is 0 Å². The predicted molar refractivity (Wildman–Crippen MR) is 91.2 cm³/mol. The lowest BCUT2D eigenvalue weighted by Crippen LogP contribution is -2.42. The third-order valence-corrected chi connectivity index (χ3v) is 6.57. The summed E-state index contributed by atoms with van der Waals surface area (Å²) >= 11 is 0. The number of aromatic nitrogens is 3. The largest absolute Gasteiger partial charge is 0.449 e. The molecule has 0 saturated heterocycles. The average Bonchev–Trinajstić information content (AvgIpc) is 2.87. The average molecular weight is 366 g/mol. The normalized spacial score (nSPS) is 12.0. The van der Waals surface area contributed by atoms with Gasteiger partial charge in [-0.25, -0.2) is 0 Å². The molecular formula is C12H22F2N6OP2. The fraction of sp³-hybridized carbons (Fsp3) is 0.500. The van der Waals surface area contributed by atoms with Crippen molar-refractivity contribution in [2.45, 2.75) is 0 Å². The summed E-state index contributed by atoms with van der Waals surface area (Å²) in [6.07, 6.45) is 0. The van der Waals surface area contributed by atoms with E-state index in [1.54, 1.807) is 0 Å². The first-order valence-electron chi connectivity index (χ1n) is 6.66. The van der Waals surface area contributed by atoms with E-state index < -0.39 is 17.1 Å². The molecule has 0 amide bonds. The van der Waals surface area contributed by atoms with Crippen LogP contribution < -0.4 is 4.62 Å². The van der Waals surface area contributed by atoms with Gasteiger partial charge in [-0.3, -0.25) is 0 Å². The molecule has 0 atom stereocenters. The first-order valence-corrected chi connectivity index (χ1v) is 8.90. The van der Waals surface area contributed by atoms with Crippen LogP contribution in [0.4, 0.5) is 8.39 Å². The Kier molecular flexibility index (Phi) is 7.64. The lowest BCUT2D eigenvalue weighted by Gasteiger charge is -2.35. The van der Waals surface area contributed by atoms with E-state index in [1.165, 1.54) is 4.85 Å². The minimum absolute atomic E-state index is 0.821. The number of fused-ring (bicyclic) bond motifs is 1. The fourth-order valence-corrected chi connectivity index (χ4v) is 5.22. The molecule has 0 unspecified atom stereocenters. The minimum Gasteiger partial charge on any atom is -0.431 e. The third kappa shape index (κ3) is 4.31. The maximum atomic E-state index is 9.60. The van der Waals surface area contributed by atoms with Gasteiger partial charge in [0.05, 0.1) is 0 Å². The zero-order valence-corrected chi connectivity index (χ0v) is 15.8. The van der Waals surface area contributed by atoms with Gasteiger partial charge in [-0.05, 0) is 22.2 Å². The monoisotopic (exact) mass is 366 g/mol. The first kappa shape index (κ1) is 20.1. The van der Waals surface area contributed by atoms with Crippen LogP contribution in [0.2, 0.25) is 0 Å². The van der Waals surface area contributed by atoms with Gasteiger partial charge in [0.25, 0.3) is 0 Å². The van der Waals surface area contributed by atoms with Crippen molar-refractivity contribution in [3.63, 3.8) is 0 Å². The van der Waals surface area contributed by atoms with E-state index >= 15 is 0 Å². The predicted octanol–water partition coefficient (Wildman–Crippen LogP) is 2.92. The fourth-order valence-electron chi connectivity index (χ4n) is 2.30. The van der Waals surface area contributed by atoms with Crippen molar-refractivity contribution < 1.29 is 13.0 Å². The summed E-state index contributed by atoms with van der Waals surface area (Å²) in [7, 11) is 8.31. The van der Waals surface area contributed by atoms with Gasteiger partial charge in [0, 0.05) is 42.3 Å². The second-order valence-electron chi connectivity index (χ2n) is 5.15. The highest BCUT2D eigenvalue weighted by Crippen LogP contribution is 2.61. The molecule has 0 radical (unpaired) electrons. The Bertz CT molecular complexity index is 588. The van der Waals surface area contributed by atoms with Gasteiger partial charge in [-0.1, -0.05) is 12.1 Å². The van der Waals surface area contributed by atoms with Crippen LogP contribution in [-0.4, -0.2) is 71.5 Å². The lowest BCUT2D eigenvalue weighted by molar-refractivity contribution is 0.189. The van der Waals surface area contributed by atoms with E-state index in [1.807, 2.05) is 66.6 Å². The molecule has 11 heteroatoms. The van der Waals surface area contributed by atoms with Gasteiger partial charge in [0.1, 0.15) is 11.0 Å². The number of halogens is 2. The van der Waals surface area contributed by atoms with Crippen LogP contribution in [-0.2, 0) is 0 Å². The van der Waals surface area contributed by atoms with E-state index in [0.717, 1.165) is 11.0 Å². The Hall–Kier alpha value is -0.980. The van der Waals surface area contributed by atoms with Crippen LogP contribution in [0.5, 0.6) is 0 Å². The highest BCUT2D eigenvalue weighted by molar-refractivity contribution is 7.64. The second kappa shape index (κ2) is 8.76. The zero-order valence-electron chi connectivity index (χ0n) is 14.1. The highest BCUT2D eigenvalue weighted by atomic mass is 31.2. The van der Waals surface area contributed by atoms with Gasteiger partial charge in [-0.15, -0.1) is 28.3 Å². The zero-order chi connectivity index (χ0) is 17.6. The Balaban J connectivity index is 0.000000816. The van der Waals surface area contributed by atoms with E-state index in [4.69, 9.17) is 4.62 Å². The van der Waals surface area contributed by atoms with Crippen LogP contribution in [0, 0.1) is 0 Å². The van der Waals surface area contributed by atoms with Gasteiger partial charge in [-0.2, -0.15) is 4.62 Å². The molecule has 0 spiro atoms. The van der Waals surface area contributed by atoms with E-state index in [2.05, 4.69) is 24.3 Å². The maximum Gasteiger partial charge on any atom is 0.449 e. The molecule has 1 heterocycles. The van der Waals surface area contributed by atoms with Crippen molar-refractivity contribution in [2.75, 3.05) is 42.3 Å². The molecule has 1 aromatic carbocycles. The molecule has 0 bridgehead atoms. The van der Waals surface area contributed by atoms with Crippen molar-refractivity contribution in [1.29, 1.82) is 0 Å². The van der Waals surface area contributed by atoms with Crippen molar-refractivity contribution in [3.05, 3.63) is 24.3 Å². The van der Waals surface area contributed by atoms with Crippen LogP contribution in [0.1, 0.15) is 0 Å². The summed E-state index contributed by atoms with van der Waals surface area (Å²) in [6.45, 7) is 0. The van der Waals surface area contributed by atoms with Crippen molar-refractivity contribution in [2.24, 2.45) is 0 Å². The molecular weight excluding hydrogens is 344 g/mol. The van der Waals surface area contributed by atoms with Gasteiger partial charge >= 0.3 is 7.94 Å². The number of rotatable bonds is 5. The summed E-state index contributed by atoms with van der Waals surface area (Å²) < 4.78 is 31.7. The molecule has 0 fully saturated rings. The van der Waals surface area contributed by atoms with Crippen molar-refractivity contribution in [3.8, 4) is 0 Å². The van der Waals surface area contributed by atoms with E-state index in [-0.39, 0.29) is 0 Å². The first-order chi connectivity index (χ1) is 10.8. The number of nitrogens with zero attached hydrogens (tertiary/aromatic N) is 6. The van der Waals surface area contributed by atoms with Gasteiger partial charge < -0.3 is 8.39 Å². The molecule has 130 valence electrons. The number of hydrogen-bond acceptors (Lipinski definition) is 6. The van der Waals surface area contributed by atoms with Crippen molar-refractivity contribution >= 4 is 28.2 Å². The Morgan fingerprint density at radius 2 is 1.48 bits per heavy atom. The molecule has 7 nitrogen and oxygen atoms in total. The smallest absolute Gasteiger partial charge is 0.431 e. The van der Waals surface area contributed by atoms with E-state index in [0.29, 0.717) is 0 Å². The molecule has 0 aliphatic rings. The quantitative estimate of drug-likeness (QED) is 0.759. The third-order valence-electron chi connectivity index (χ3n) is 3.07. The molecule has 0 aliphatic heterocycles. The molecule has 23 heavy (non-hydrogen) atoms. The summed E-state index contributed by atoms with van der Waals surface area (Å²) in [6, 6.07) is 7.76. The highest BCUT2D eigenvalue weighted by Gasteiger charge is 2.54. The van der Waals surface area contributed by atoms with Crippen LogP contribution in [0.15, 0.2) is 24.3 Å². The van der Waals surface area contributed by atoms with Crippen LogP contribution >= 0.6 is 17.1 Å². The topological polar surface area (TPSA) is 49.7 Å². The molecule has 0 aliphatic carbocycles. The summed E-state index contributed by atoms with van der Waals surface area (Å²) in [4.78, 5) is 1.52. The SMILES string of the molecule is CN(C)[P+](On1nnc2ccccc21)(N(C)C)N(C)C.F[P-]F. The number of para-hydroxylation sites is 1. The minimum atomic E-state index is -2.14. The second-order valence-corrected chi connectivity index (χ2v) is 8.87. The number of hydrogen-bond donors (Lipinski definition) is 0. The Morgan fingerprint density at radius 1 is 1.00 bits per heavy atom. The van der Waals surface area contributed by atoms with E-state index in [9.17, 15) is 8.39 Å². The molecule has 0 saturated carbocycles. The van der Waals surface area contributed by atoms with Crippen LogP contribution in [0.25, 0.3) is 11.0 Å². The summed E-state index contributed by atoms with van der Waals surface area (Å²) in [5, 5.41) is 8.25. The summed E-state index contributed by atoms with van der Waals surface area (Å²) in [5.74, 6) is 0. The molecule has 2 rings (SSSR count). The number of benzene rings is 1. The lowest BCUT2D eigenvalue weighted by atomic mass is 10.3. The molecule has 0 N–H and O–H groups in total. The Labute approximate surface area is 137 Å². The standard InChI is InChI=1S/C12H22N6OP.F2P/c1-15(2)20(16(3)4,17(5)6)19-18-12-10-8-7-9-11(12)13-14-18;1-3-2/h7-10H,1-6H3;/q+1;-1. The summed E-state index contributed by atoms with van der Waals surface area (Å²) in [5.41, 5.74) is 1.68.